The number of hydrogen-bond donors (Lipinski definition) is 1. The zero-order valence-corrected chi connectivity index (χ0v) is 17.6. The van der Waals surface area contributed by atoms with Gasteiger partial charge in [0, 0.05) is 23.6 Å². The number of aromatic nitrogens is 2. The normalized spacial score (nSPS) is 12.5. The fourth-order valence-electron chi connectivity index (χ4n) is 2.91. The summed E-state index contributed by atoms with van der Waals surface area (Å²) in [7, 11) is 0. The lowest BCUT2D eigenvalue weighted by Gasteiger charge is -2.19. The molecule has 1 aromatic carbocycles. The molecule has 2 heterocycles. The monoisotopic (exact) mass is 397 g/mol. The van der Waals surface area contributed by atoms with Gasteiger partial charge < -0.3 is 9.84 Å². The third-order valence-electron chi connectivity index (χ3n) is 4.64. The Labute approximate surface area is 170 Å². The summed E-state index contributed by atoms with van der Waals surface area (Å²) < 4.78 is 5.23. The fourth-order valence-corrected chi connectivity index (χ4v) is 3.71. The number of benzene rings is 1. The van der Waals surface area contributed by atoms with E-state index in [9.17, 15) is 4.79 Å². The maximum absolute atomic E-state index is 12.6. The van der Waals surface area contributed by atoms with Gasteiger partial charge in [-0.15, -0.1) is 11.3 Å². The predicted molar refractivity (Wildman–Crippen MR) is 112 cm³/mol. The molecule has 0 spiro atoms. The van der Waals surface area contributed by atoms with E-state index in [1.807, 2.05) is 25.3 Å². The van der Waals surface area contributed by atoms with Crippen LogP contribution in [0.3, 0.4) is 0 Å². The van der Waals surface area contributed by atoms with Crippen molar-refractivity contribution in [2.75, 3.05) is 0 Å². The standard InChI is InChI=1S/C22H27N3O2S/c1-14(2)16-7-9-17(10-8-16)21(18-6-5-13-28-18)23-19(26)11-12-20-24-22(15(3)4)25-27-20/h5-10,13-15,21H,11-12H2,1-4H3,(H,23,26). The van der Waals surface area contributed by atoms with Crippen LogP contribution in [0, 0.1) is 0 Å². The van der Waals surface area contributed by atoms with Crippen LogP contribution in [0.2, 0.25) is 0 Å². The molecular formula is C22H27N3O2S. The SMILES string of the molecule is CC(C)c1ccc(C(NC(=O)CCc2nc(C(C)C)no2)c2cccs2)cc1. The number of nitrogens with zero attached hydrogens (tertiary/aromatic N) is 2. The number of hydrogen-bond acceptors (Lipinski definition) is 5. The number of carbonyl (C=O) groups excluding carboxylic acids is 1. The van der Waals surface area contributed by atoms with Crippen LogP contribution in [0.15, 0.2) is 46.3 Å². The first kappa shape index (κ1) is 20.3. The van der Waals surface area contributed by atoms with Crippen molar-refractivity contribution in [1.82, 2.24) is 15.5 Å². The Morgan fingerprint density at radius 3 is 2.36 bits per heavy atom. The summed E-state index contributed by atoms with van der Waals surface area (Å²) in [6.07, 6.45) is 0.751. The van der Waals surface area contributed by atoms with Crippen LogP contribution < -0.4 is 5.32 Å². The van der Waals surface area contributed by atoms with Gasteiger partial charge in [0.2, 0.25) is 11.8 Å². The van der Waals surface area contributed by atoms with Gasteiger partial charge in [-0.1, -0.05) is 63.2 Å². The van der Waals surface area contributed by atoms with Gasteiger partial charge >= 0.3 is 0 Å². The second-order valence-electron chi connectivity index (χ2n) is 7.54. The molecule has 0 fully saturated rings. The number of rotatable bonds is 8. The van der Waals surface area contributed by atoms with E-state index in [4.69, 9.17) is 4.52 Å². The summed E-state index contributed by atoms with van der Waals surface area (Å²) in [5.74, 6) is 1.85. The van der Waals surface area contributed by atoms with Crippen molar-refractivity contribution < 1.29 is 9.32 Å². The molecule has 1 amide bonds. The van der Waals surface area contributed by atoms with Gasteiger partial charge in [0.1, 0.15) is 0 Å². The summed E-state index contributed by atoms with van der Waals surface area (Å²) in [5, 5.41) is 9.15. The minimum atomic E-state index is -0.150. The van der Waals surface area contributed by atoms with Crippen LogP contribution in [0.25, 0.3) is 0 Å². The molecule has 0 saturated heterocycles. The zero-order chi connectivity index (χ0) is 20.1. The zero-order valence-electron chi connectivity index (χ0n) is 16.8. The summed E-state index contributed by atoms with van der Waals surface area (Å²) in [4.78, 5) is 18.1. The fraction of sp³-hybridized carbons (Fsp3) is 0.409. The van der Waals surface area contributed by atoms with Crippen molar-refractivity contribution >= 4 is 17.2 Å². The number of thiophene rings is 1. The lowest BCUT2D eigenvalue weighted by molar-refractivity contribution is -0.121. The van der Waals surface area contributed by atoms with E-state index < -0.39 is 0 Å². The molecule has 148 valence electrons. The van der Waals surface area contributed by atoms with Gasteiger partial charge in [-0.25, -0.2) is 0 Å². The molecular weight excluding hydrogens is 370 g/mol. The average molecular weight is 398 g/mol. The molecule has 0 aliphatic rings. The Hall–Kier alpha value is -2.47. The van der Waals surface area contributed by atoms with E-state index in [0.717, 1.165) is 10.4 Å². The first-order valence-electron chi connectivity index (χ1n) is 9.69. The molecule has 0 aliphatic heterocycles. The van der Waals surface area contributed by atoms with Crippen molar-refractivity contribution in [2.24, 2.45) is 0 Å². The highest BCUT2D eigenvalue weighted by atomic mass is 32.1. The molecule has 1 atom stereocenters. The molecule has 3 aromatic rings. The number of aryl methyl sites for hydroxylation is 1. The summed E-state index contributed by atoms with van der Waals surface area (Å²) in [6.45, 7) is 8.38. The average Bonchev–Trinajstić information content (AvgIpc) is 3.36. The van der Waals surface area contributed by atoms with Gasteiger partial charge in [0.05, 0.1) is 6.04 Å². The second-order valence-corrected chi connectivity index (χ2v) is 8.52. The molecule has 6 heteroatoms. The molecule has 0 aliphatic carbocycles. The Kier molecular flexibility index (Phi) is 6.62. The Balaban J connectivity index is 1.68. The van der Waals surface area contributed by atoms with Crippen molar-refractivity contribution in [1.29, 1.82) is 0 Å². The van der Waals surface area contributed by atoms with Gasteiger partial charge in [-0.05, 0) is 28.5 Å². The lowest BCUT2D eigenvalue weighted by atomic mass is 9.98. The molecule has 1 unspecified atom stereocenters. The smallest absolute Gasteiger partial charge is 0.227 e. The molecule has 0 radical (unpaired) electrons. The molecule has 5 nitrogen and oxygen atoms in total. The molecule has 1 N–H and O–H groups in total. The highest BCUT2D eigenvalue weighted by Crippen LogP contribution is 2.27. The largest absolute Gasteiger partial charge is 0.344 e. The summed E-state index contributed by atoms with van der Waals surface area (Å²) in [6, 6.07) is 12.4. The van der Waals surface area contributed by atoms with E-state index in [-0.39, 0.29) is 17.9 Å². The number of carbonyl (C=O) groups is 1. The quantitative estimate of drug-likeness (QED) is 0.566. The van der Waals surface area contributed by atoms with Gasteiger partial charge in [-0.2, -0.15) is 4.98 Å². The third kappa shape index (κ3) is 5.07. The Bertz CT molecular complexity index is 883. The highest BCUT2D eigenvalue weighted by molar-refractivity contribution is 7.10. The summed E-state index contributed by atoms with van der Waals surface area (Å²) in [5.41, 5.74) is 2.37. The first-order valence-corrected chi connectivity index (χ1v) is 10.6. The number of amides is 1. The first-order chi connectivity index (χ1) is 13.4. The van der Waals surface area contributed by atoms with Crippen molar-refractivity contribution in [2.45, 2.75) is 58.4 Å². The molecule has 0 saturated carbocycles. The Morgan fingerprint density at radius 2 is 1.79 bits per heavy atom. The highest BCUT2D eigenvalue weighted by Gasteiger charge is 2.19. The molecule has 0 bridgehead atoms. The van der Waals surface area contributed by atoms with Crippen LogP contribution in [0.1, 0.15) is 79.7 Å². The van der Waals surface area contributed by atoms with E-state index in [1.54, 1.807) is 11.3 Å². The minimum Gasteiger partial charge on any atom is -0.344 e. The molecule has 3 rings (SSSR count). The second kappa shape index (κ2) is 9.15. The third-order valence-corrected chi connectivity index (χ3v) is 5.57. The predicted octanol–water partition coefficient (Wildman–Crippen LogP) is 5.22. The lowest BCUT2D eigenvalue weighted by Crippen LogP contribution is -2.29. The van der Waals surface area contributed by atoms with Gasteiger partial charge in [0.25, 0.3) is 0 Å². The van der Waals surface area contributed by atoms with Crippen LogP contribution in [0.4, 0.5) is 0 Å². The minimum absolute atomic E-state index is 0.0318. The number of nitrogens with one attached hydrogen (secondary N) is 1. The summed E-state index contributed by atoms with van der Waals surface area (Å²) >= 11 is 1.64. The van der Waals surface area contributed by atoms with Gasteiger partial charge in [-0.3, -0.25) is 4.79 Å². The van der Waals surface area contributed by atoms with Crippen molar-refractivity contribution in [3.05, 3.63) is 69.5 Å². The van der Waals surface area contributed by atoms with Crippen LogP contribution in [-0.2, 0) is 11.2 Å². The topological polar surface area (TPSA) is 68.0 Å². The van der Waals surface area contributed by atoms with E-state index >= 15 is 0 Å². The maximum Gasteiger partial charge on any atom is 0.227 e. The molecule has 28 heavy (non-hydrogen) atoms. The van der Waals surface area contributed by atoms with Crippen LogP contribution >= 0.6 is 11.3 Å². The molecule has 2 aromatic heterocycles. The van der Waals surface area contributed by atoms with Crippen LogP contribution in [0.5, 0.6) is 0 Å². The van der Waals surface area contributed by atoms with E-state index in [2.05, 4.69) is 59.6 Å². The van der Waals surface area contributed by atoms with Gasteiger partial charge in [0.15, 0.2) is 5.82 Å². The van der Waals surface area contributed by atoms with Crippen LogP contribution in [-0.4, -0.2) is 16.0 Å². The Morgan fingerprint density at radius 1 is 1.07 bits per heavy atom. The van der Waals surface area contributed by atoms with Crippen molar-refractivity contribution in [3.8, 4) is 0 Å². The van der Waals surface area contributed by atoms with E-state index in [1.165, 1.54) is 5.56 Å². The van der Waals surface area contributed by atoms with E-state index in [0.29, 0.717) is 30.5 Å². The maximum atomic E-state index is 12.6. The van der Waals surface area contributed by atoms with Crippen molar-refractivity contribution in [3.63, 3.8) is 0 Å².